The summed E-state index contributed by atoms with van der Waals surface area (Å²) in [6, 6.07) is 11.1. The van der Waals surface area contributed by atoms with Gasteiger partial charge in [0.1, 0.15) is 0 Å². The molecule has 5 fully saturated rings. The van der Waals surface area contributed by atoms with E-state index in [0.717, 1.165) is 44.5 Å². The van der Waals surface area contributed by atoms with Gasteiger partial charge < -0.3 is 15.1 Å². The number of likely N-dealkylation sites (N-methyl/N-ethyl adjacent to an activating group) is 1. The molecule has 39 heavy (non-hydrogen) atoms. The van der Waals surface area contributed by atoms with Crippen LogP contribution >= 0.6 is 12.4 Å². The van der Waals surface area contributed by atoms with E-state index in [1.54, 1.807) is 0 Å². The van der Waals surface area contributed by atoms with Crippen LogP contribution in [0, 0.1) is 11.8 Å². The summed E-state index contributed by atoms with van der Waals surface area (Å²) in [5, 5.41) is 3.25. The fraction of sp³-hybridized carbons (Fsp3) is 0.733. The molecule has 1 aromatic carbocycles. The minimum atomic E-state index is -2.63. The van der Waals surface area contributed by atoms with E-state index in [1.807, 2.05) is 30.1 Å². The highest BCUT2D eigenvalue weighted by Gasteiger charge is 2.57. The summed E-state index contributed by atoms with van der Waals surface area (Å²) in [6.45, 7) is 2.64. The van der Waals surface area contributed by atoms with E-state index in [1.165, 1.54) is 25.7 Å². The molecule has 9 heteroatoms. The van der Waals surface area contributed by atoms with Gasteiger partial charge in [-0.2, -0.15) is 0 Å². The number of urea groups is 1. The zero-order valence-electron chi connectivity index (χ0n) is 23.0. The highest BCUT2D eigenvalue weighted by atomic mass is 35.5. The topological polar surface area (TPSA) is 55.9 Å². The number of hydrogen-bond donors (Lipinski definition) is 1. The Bertz CT molecular complexity index is 1020. The molecule has 3 amide bonds. The number of piperidine rings is 1. The van der Waals surface area contributed by atoms with Crippen molar-refractivity contribution in [1.29, 1.82) is 0 Å². The molecule has 5 aliphatic rings. The van der Waals surface area contributed by atoms with Gasteiger partial charge in [-0.3, -0.25) is 9.69 Å². The van der Waals surface area contributed by atoms with E-state index in [0.29, 0.717) is 18.0 Å². The monoisotopic (exact) mass is 564 g/mol. The third-order valence-electron chi connectivity index (χ3n) is 10.1. The minimum Gasteiger partial charge on any atom is -0.349 e. The van der Waals surface area contributed by atoms with E-state index in [9.17, 15) is 18.4 Å². The van der Waals surface area contributed by atoms with Gasteiger partial charge in [0.2, 0.25) is 11.8 Å². The Morgan fingerprint density at radius 1 is 1.03 bits per heavy atom. The van der Waals surface area contributed by atoms with Crippen LogP contribution in [0.2, 0.25) is 0 Å². The Hall–Kier alpha value is -1.93. The van der Waals surface area contributed by atoms with Crippen molar-refractivity contribution in [2.24, 2.45) is 11.8 Å². The van der Waals surface area contributed by atoms with Gasteiger partial charge in [0, 0.05) is 57.5 Å². The molecule has 1 spiro atoms. The molecule has 3 aliphatic heterocycles. The zero-order chi connectivity index (χ0) is 26.5. The normalized spacial score (nSPS) is 31.4. The summed E-state index contributed by atoms with van der Waals surface area (Å²) in [5.41, 5.74) is 1.04. The van der Waals surface area contributed by atoms with Crippen molar-refractivity contribution in [2.45, 2.75) is 100 Å². The first-order valence-electron chi connectivity index (χ1n) is 14.7. The van der Waals surface area contributed by atoms with Gasteiger partial charge in [0.25, 0.3) is 0 Å². The van der Waals surface area contributed by atoms with Crippen molar-refractivity contribution in [3.8, 4) is 0 Å². The highest BCUT2D eigenvalue weighted by Crippen LogP contribution is 2.48. The summed E-state index contributed by atoms with van der Waals surface area (Å²) < 4.78 is 27.3. The third-order valence-corrected chi connectivity index (χ3v) is 10.1. The van der Waals surface area contributed by atoms with Crippen molar-refractivity contribution < 1.29 is 18.4 Å². The molecule has 2 unspecified atom stereocenters. The summed E-state index contributed by atoms with van der Waals surface area (Å²) in [7, 11) is 1.95. The van der Waals surface area contributed by atoms with Crippen LogP contribution in [-0.2, 0) is 4.79 Å². The summed E-state index contributed by atoms with van der Waals surface area (Å²) in [4.78, 5) is 33.0. The van der Waals surface area contributed by atoms with Gasteiger partial charge in [-0.15, -0.1) is 12.4 Å². The maximum Gasteiger partial charge on any atom is 0.320 e. The molecule has 0 radical (unpaired) electrons. The number of rotatable bonds is 8. The number of amides is 3. The first-order chi connectivity index (χ1) is 18.2. The number of nitrogens with zero attached hydrogens (tertiary/aromatic N) is 3. The first-order valence-corrected chi connectivity index (χ1v) is 14.7. The van der Waals surface area contributed by atoms with Crippen LogP contribution in [0.4, 0.5) is 13.6 Å². The van der Waals surface area contributed by atoms with Crippen molar-refractivity contribution in [3.05, 3.63) is 35.9 Å². The molecule has 6 rings (SSSR count). The van der Waals surface area contributed by atoms with E-state index in [2.05, 4.69) is 27.2 Å². The zero-order valence-corrected chi connectivity index (χ0v) is 23.8. The van der Waals surface area contributed by atoms with Crippen LogP contribution in [-0.4, -0.2) is 76.9 Å². The fourth-order valence-electron chi connectivity index (χ4n) is 7.84. The lowest BCUT2D eigenvalue weighted by molar-refractivity contribution is -0.130. The molecule has 1 N–H and O–H groups in total. The lowest BCUT2D eigenvalue weighted by Crippen LogP contribution is -2.59. The molecule has 216 valence electrons. The van der Waals surface area contributed by atoms with Crippen molar-refractivity contribution >= 4 is 24.3 Å². The minimum absolute atomic E-state index is 0. The average Bonchev–Trinajstić information content (AvgIpc) is 3.65. The fourth-order valence-corrected chi connectivity index (χ4v) is 7.84. The van der Waals surface area contributed by atoms with E-state index < -0.39 is 5.92 Å². The number of hydrogen-bond acceptors (Lipinski definition) is 3. The standard InChI is InChI=1S/C30H42F2N4O2.ClH/c1-34-20-29(36(28(34)38)19-21-7-8-21)17-24-9-10-25(18-29)35(24)16-13-26(22-5-3-2-4-6-22)33-27(37)23-11-14-30(31,32)15-12-23;/h2-6,21,23-26H,7-20H2,1H3,(H,33,37);1H/t24?,25?,26-,29?;/m0./s1. The first kappa shape index (κ1) is 28.6. The second kappa shape index (κ2) is 11.2. The molecule has 2 aliphatic carbocycles. The van der Waals surface area contributed by atoms with Crippen LogP contribution in [0.5, 0.6) is 0 Å². The number of halogens is 3. The van der Waals surface area contributed by atoms with E-state index in [-0.39, 0.29) is 67.5 Å². The van der Waals surface area contributed by atoms with Crippen LogP contribution < -0.4 is 5.32 Å². The molecule has 3 heterocycles. The molecule has 3 saturated heterocycles. The largest absolute Gasteiger partial charge is 0.349 e. The van der Waals surface area contributed by atoms with Crippen molar-refractivity contribution in [2.75, 3.05) is 26.7 Å². The Morgan fingerprint density at radius 3 is 2.28 bits per heavy atom. The molecule has 6 nitrogen and oxygen atoms in total. The SMILES string of the molecule is CN1CC2(CC3CCC(C2)N3CC[C@H](NC(=O)C2CCC(F)(F)CC2)c2ccccc2)N(CC2CC2)C1=O.Cl. The lowest BCUT2D eigenvalue weighted by Gasteiger charge is -2.48. The number of carbonyl (C=O) groups excluding carboxylic acids is 2. The van der Waals surface area contributed by atoms with E-state index in [4.69, 9.17) is 0 Å². The van der Waals surface area contributed by atoms with Crippen molar-refractivity contribution in [1.82, 2.24) is 20.0 Å². The summed E-state index contributed by atoms with van der Waals surface area (Å²) >= 11 is 0. The summed E-state index contributed by atoms with van der Waals surface area (Å²) in [5.74, 6) is -2.36. The summed E-state index contributed by atoms with van der Waals surface area (Å²) in [6.07, 6.45) is 7.80. The Balaban J connectivity index is 0.00000308. The second-order valence-corrected chi connectivity index (χ2v) is 12.8. The van der Waals surface area contributed by atoms with Gasteiger partial charge in [0.15, 0.2) is 0 Å². The van der Waals surface area contributed by atoms with Crippen LogP contribution in [0.25, 0.3) is 0 Å². The highest BCUT2D eigenvalue weighted by molar-refractivity contribution is 5.85. The predicted molar refractivity (Wildman–Crippen MR) is 149 cm³/mol. The third kappa shape index (κ3) is 5.92. The quantitative estimate of drug-likeness (QED) is 0.445. The smallest absolute Gasteiger partial charge is 0.320 e. The molecule has 3 atom stereocenters. The lowest BCUT2D eigenvalue weighted by atomic mass is 9.81. The van der Waals surface area contributed by atoms with Crippen LogP contribution in [0.15, 0.2) is 30.3 Å². The number of alkyl halides is 2. The second-order valence-electron chi connectivity index (χ2n) is 12.8. The maximum atomic E-state index is 13.7. The Morgan fingerprint density at radius 2 is 1.67 bits per heavy atom. The number of nitrogens with one attached hydrogen (secondary N) is 1. The van der Waals surface area contributed by atoms with Crippen LogP contribution in [0.3, 0.4) is 0 Å². The van der Waals surface area contributed by atoms with Gasteiger partial charge >= 0.3 is 6.03 Å². The van der Waals surface area contributed by atoms with Crippen molar-refractivity contribution in [3.63, 3.8) is 0 Å². The molecular weight excluding hydrogens is 522 g/mol. The number of fused-ring (bicyclic) bond motifs is 2. The number of carbonyl (C=O) groups is 2. The maximum absolute atomic E-state index is 13.7. The molecular formula is C30H43ClF2N4O2. The van der Waals surface area contributed by atoms with Gasteiger partial charge in [-0.1, -0.05) is 30.3 Å². The predicted octanol–water partition coefficient (Wildman–Crippen LogP) is 5.62. The Kier molecular flexibility index (Phi) is 8.18. The van der Waals surface area contributed by atoms with Crippen LogP contribution in [0.1, 0.15) is 82.2 Å². The van der Waals surface area contributed by atoms with Gasteiger partial charge in [-0.25, -0.2) is 13.6 Å². The Labute approximate surface area is 237 Å². The molecule has 2 bridgehead atoms. The van der Waals surface area contributed by atoms with Gasteiger partial charge in [-0.05, 0) is 69.3 Å². The van der Waals surface area contributed by atoms with E-state index >= 15 is 0 Å². The average molecular weight is 565 g/mol. The van der Waals surface area contributed by atoms with Gasteiger partial charge in [0.05, 0.1) is 11.6 Å². The molecule has 0 aromatic heterocycles. The molecule has 2 saturated carbocycles. The number of benzene rings is 1. The molecule has 1 aromatic rings.